The number of piperidine rings is 1. The lowest BCUT2D eigenvalue weighted by Gasteiger charge is -2.34. The molecule has 2 aliphatic heterocycles. The number of sulfonamides is 1. The fourth-order valence-electron chi connectivity index (χ4n) is 3.83. The lowest BCUT2D eigenvalue weighted by atomic mass is 9.88. The maximum Gasteiger partial charge on any atom is 0.490 e. The van der Waals surface area contributed by atoms with E-state index in [9.17, 15) is 21.6 Å². The highest BCUT2D eigenvalue weighted by molar-refractivity contribution is 7.94. The summed E-state index contributed by atoms with van der Waals surface area (Å²) in [6.07, 6.45) is -3.81. The third-order valence-electron chi connectivity index (χ3n) is 5.27. The van der Waals surface area contributed by atoms with Crippen molar-refractivity contribution in [2.75, 3.05) is 17.4 Å². The van der Waals surface area contributed by atoms with Gasteiger partial charge in [-0.3, -0.25) is 4.31 Å². The zero-order valence-electron chi connectivity index (χ0n) is 15.9. The van der Waals surface area contributed by atoms with Crippen molar-refractivity contribution in [2.45, 2.75) is 30.3 Å². The molecule has 0 bridgehead atoms. The number of fused-ring (bicyclic) bond motifs is 2. The molecule has 162 valence electrons. The first-order valence-electron chi connectivity index (χ1n) is 9.26. The zero-order valence-corrected chi connectivity index (χ0v) is 16.7. The molecule has 2 aromatic carbocycles. The Labute approximate surface area is 172 Å². The van der Waals surface area contributed by atoms with E-state index in [4.69, 9.17) is 9.90 Å². The van der Waals surface area contributed by atoms with Crippen LogP contribution in [0.3, 0.4) is 0 Å². The van der Waals surface area contributed by atoms with Gasteiger partial charge in [0.15, 0.2) is 0 Å². The van der Waals surface area contributed by atoms with Gasteiger partial charge in [0.05, 0.1) is 12.2 Å². The number of carbonyl (C=O) groups is 1. The molecular weight excluding hydrogens is 421 g/mol. The van der Waals surface area contributed by atoms with Crippen molar-refractivity contribution in [1.82, 2.24) is 5.32 Å². The molecule has 0 aromatic heterocycles. The Balaban J connectivity index is 0.000000318. The molecule has 0 saturated carbocycles. The second kappa shape index (κ2) is 8.27. The van der Waals surface area contributed by atoms with Crippen LogP contribution in [-0.4, -0.2) is 38.8 Å². The Bertz CT molecular complexity index is 1000. The fraction of sp³-hybridized carbons (Fsp3) is 0.350. The number of aliphatic carboxylic acids is 1. The van der Waals surface area contributed by atoms with E-state index in [1.807, 2.05) is 54.6 Å². The lowest BCUT2D eigenvalue weighted by molar-refractivity contribution is -0.192. The van der Waals surface area contributed by atoms with Crippen LogP contribution in [0.4, 0.5) is 18.9 Å². The van der Waals surface area contributed by atoms with Gasteiger partial charge < -0.3 is 10.4 Å². The largest absolute Gasteiger partial charge is 0.490 e. The molecule has 30 heavy (non-hydrogen) atoms. The fourth-order valence-corrected chi connectivity index (χ4v) is 6.16. The molecule has 10 heteroatoms. The second-order valence-electron chi connectivity index (χ2n) is 7.06. The van der Waals surface area contributed by atoms with E-state index in [1.165, 1.54) is 0 Å². The maximum atomic E-state index is 13.4. The minimum Gasteiger partial charge on any atom is -0.475 e. The van der Waals surface area contributed by atoms with E-state index in [0.29, 0.717) is 19.4 Å². The van der Waals surface area contributed by atoms with Crippen molar-refractivity contribution in [1.29, 1.82) is 0 Å². The number of hydrogen-bond acceptors (Lipinski definition) is 4. The zero-order chi connectivity index (χ0) is 22.0. The van der Waals surface area contributed by atoms with Gasteiger partial charge in [-0.25, -0.2) is 13.2 Å². The molecule has 2 heterocycles. The number of carboxylic acid groups (broad SMARTS) is 1. The van der Waals surface area contributed by atoms with Crippen molar-refractivity contribution in [2.24, 2.45) is 0 Å². The van der Waals surface area contributed by atoms with Crippen LogP contribution in [0.15, 0.2) is 54.6 Å². The topological polar surface area (TPSA) is 86.7 Å². The molecule has 1 saturated heterocycles. The summed E-state index contributed by atoms with van der Waals surface area (Å²) in [5.74, 6) is -2.76. The minimum absolute atomic E-state index is 0.398. The summed E-state index contributed by atoms with van der Waals surface area (Å²) in [5.41, 5.74) is 2.83. The summed E-state index contributed by atoms with van der Waals surface area (Å²) in [6.45, 7) is 1.88. The monoisotopic (exact) mass is 442 g/mol. The van der Waals surface area contributed by atoms with Crippen LogP contribution in [0, 0.1) is 0 Å². The van der Waals surface area contributed by atoms with Gasteiger partial charge in [-0.2, -0.15) is 13.2 Å². The highest BCUT2D eigenvalue weighted by Gasteiger charge is 2.55. The molecule has 0 unspecified atom stereocenters. The molecule has 1 spiro atoms. The van der Waals surface area contributed by atoms with E-state index >= 15 is 0 Å². The maximum absolute atomic E-state index is 13.4. The van der Waals surface area contributed by atoms with Crippen LogP contribution in [-0.2, 0) is 26.1 Å². The van der Waals surface area contributed by atoms with Crippen molar-refractivity contribution < 1.29 is 31.5 Å². The van der Waals surface area contributed by atoms with Gasteiger partial charge in [0.2, 0.25) is 10.0 Å². The Morgan fingerprint density at radius 1 is 1.03 bits per heavy atom. The second-order valence-corrected chi connectivity index (χ2v) is 9.23. The Morgan fingerprint density at radius 2 is 1.57 bits per heavy atom. The van der Waals surface area contributed by atoms with Crippen LogP contribution in [0.25, 0.3) is 0 Å². The summed E-state index contributed by atoms with van der Waals surface area (Å²) < 4.78 is 59.4. The summed E-state index contributed by atoms with van der Waals surface area (Å²) in [6, 6.07) is 17.6. The van der Waals surface area contributed by atoms with Crippen LogP contribution in [0.5, 0.6) is 0 Å². The molecule has 2 aliphatic rings. The van der Waals surface area contributed by atoms with E-state index < -0.39 is 26.9 Å². The van der Waals surface area contributed by atoms with Gasteiger partial charge in [0.1, 0.15) is 4.75 Å². The standard InChI is InChI=1S/C18H20N2O2S.C2HF3O2/c21-23(22)18(10-12-19-13-11-18)16-8-4-5-9-17(16)20(23)14-15-6-2-1-3-7-15;3-2(4,5)1(6)7/h1-9,19H,10-14H2;(H,6,7). The molecule has 4 rings (SSSR count). The molecule has 0 atom stereocenters. The predicted octanol–water partition coefficient (Wildman–Crippen LogP) is 3.25. The highest BCUT2D eigenvalue weighted by Crippen LogP contribution is 2.52. The third-order valence-corrected chi connectivity index (χ3v) is 7.79. The first-order chi connectivity index (χ1) is 14.1. The minimum atomic E-state index is -5.08. The van der Waals surface area contributed by atoms with E-state index in [-0.39, 0.29) is 0 Å². The van der Waals surface area contributed by atoms with E-state index in [2.05, 4.69) is 5.32 Å². The number of para-hydroxylation sites is 1. The number of nitrogens with one attached hydrogen (secondary N) is 1. The SMILES string of the molecule is O=C(O)C(F)(F)F.O=S1(=O)N(Cc2ccccc2)c2ccccc2C12CCNCC2. The summed E-state index contributed by atoms with van der Waals surface area (Å²) in [7, 11) is -3.41. The van der Waals surface area contributed by atoms with Crippen molar-refractivity contribution >= 4 is 21.7 Å². The van der Waals surface area contributed by atoms with Gasteiger partial charge in [0.25, 0.3) is 0 Å². The number of alkyl halides is 3. The molecule has 2 aromatic rings. The Kier molecular flexibility index (Phi) is 6.09. The predicted molar refractivity (Wildman–Crippen MR) is 105 cm³/mol. The first kappa shape index (κ1) is 22.1. The molecule has 0 radical (unpaired) electrons. The number of benzene rings is 2. The third kappa shape index (κ3) is 4.01. The number of nitrogens with zero attached hydrogens (tertiary/aromatic N) is 1. The number of carboxylic acids is 1. The van der Waals surface area contributed by atoms with E-state index in [1.54, 1.807) is 4.31 Å². The molecule has 1 fully saturated rings. The smallest absolute Gasteiger partial charge is 0.475 e. The molecule has 0 amide bonds. The van der Waals surface area contributed by atoms with Crippen LogP contribution in [0.1, 0.15) is 24.0 Å². The number of anilines is 1. The summed E-state index contributed by atoms with van der Waals surface area (Å²) in [4.78, 5) is 8.90. The summed E-state index contributed by atoms with van der Waals surface area (Å²) >= 11 is 0. The molecular formula is C20H21F3N2O4S. The first-order valence-corrected chi connectivity index (χ1v) is 10.7. The Morgan fingerprint density at radius 3 is 2.13 bits per heavy atom. The van der Waals surface area contributed by atoms with E-state index in [0.717, 1.165) is 29.9 Å². The number of halogens is 3. The molecule has 6 nitrogen and oxygen atoms in total. The average molecular weight is 442 g/mol. The van der Waals surface area contributed by atoms with Crippen LogP contribution >= 0.6 is 0 Å². The van der Waals surface area contributed by atoms with Gasteiger partial charge in [-0.05, 0) is 43.1 Å². The summed E-state index contributed by atoms with van der Waals surface area (Å²) in [5, 5.41) is 10.4. The van der Waals surface area contributed by atoms with Gasteiger partial charge in [0, 0.05) is 0 Å². The van der Waals surface area contributed by atoms with Crippen LogP contribution in [0.2, 0.25) is 0 Å². The quantitative estimate of drug-likeness (QED) is 0.746. The van der Waals surface area contributed by atoms with Gasteiger partial charge in [-0.1, -0.05) is 48.5 Å². The van der Waals surface area contributed by atoms with Crippen molar-refractivity contribution in [3.8, 4) is 0 Å². The van der Waals surface area contributed by atoms with Crippen LogP contribution < -0.4 is 9.62 Å². The normalized spacial score (nSPS) is 19.0. The number of rotatable bonds is 2. The van der Waals surface area contributed by atoms with Gasteiger partial charge >= 0.3 is 12.1 Å². The van der Waals surface area contributed by atoms with Crippen molar-refractivity contribution in [3.63, 3.8) is 0 Å². The molecule has 2 N–H and O–H groups in total. The molecule has 0 aliphatic carbocycles. The number of hydrogen-bond donors (Lipinski definition) is 2. The average Bonchev–Trinajstić information content (AvgIpc) is 2.88. The van der Waals surface area contributed by atoms with Gasteiger partial charge in [-0.15, -0.1) is 0 Å². The Hall–Kier alpha value is -2.59. The lowest BCUT2D eigenvalue weighted by Crippen LogP contribution is -2.46. The highest BCUT2D eigenvalue weighted by atomic mass is 32.2. The van der Waals surface area contributed by atoms with Crippen molar-refractivity contribution in [3.05, 3.63) is 65.7 Å².